The molecule has 1 fully saturated rings. The fraction of sp³-hybridized carbons (Fsp3) is 0.417. The van der Waals surface area contributed by atoms with Gasteiger partial charge >= 0.3 is 5.97 Å². The summed E-state index contributed by atoms with van der Waals surface area (Å²) in [5, 5.41) is 8.51. The van der Waals surface area contributed by atoms with Crippen molar-refractivity contribution in [3.05, 3.63) is 30.1 Å². The highest BCUT2D eigenvalue weighted by Crippen LogP contribution is 2.22. The van der Waals surface area contributed by atoms with Gasteiger partial charge in [0.2, 0.25) is 10.0 Å². The third-order valence-corrected chi connectivity index (χ3v) is 4.88. The molecule has 0 saturated carbocycles. The van der Waals surface area contributed by atoms with Crippen molar-refractivity contribution < 1.29 is 27.4 Å². The van der Waals surface area contributed by atoms with Crippen LogP contribution in [0.5, 0.6) is 0 Å². The SMILES string of the molecule is O=C(O)COC1CCN(S(=O)(=O)c2ccc(F)cc2)C1. The lowest BCUT2D eigenvalue weighted by Crippen LogP contribution is -2.30. The van der Waals surface area contributed by atoms with Crippen molar-refractivity contribution in [1.29, 1.82) is 0 Å². The summed E-state index contributed by atoms with van der Waals surface area (Å²) in [4.78, 5) is 10.4. The van der Waals surface area contributed by atoms with E-state index in [0.717, 1.165) is 12.1 Å². The molecule has 1 aliphatic rings. The van der Waals surface area contributed by atoms with Crippen LogP contribution in [0.3, 0.4) is 0 Å². The van der Waals surface area contributed by atoms with Gasteiger partial charge in [0.1, 0.15) is 12.4 Å². The summed E-state index contributed by atoms with van der Waals surface area (Å²) in [6.07, 6.45) is 0.00887. The molecule has 110 valence electrons. The first-order valence-electron chi connectivity index (χ1n) is 5.98. The lowest BCUT2D eigenvalue weighted by Gasteiger charge is -2.16. The van der Waals surface area contributed by atoms with Gasteiger partial charge in [0, 0.05) is 13.1 Å². The highest BCUT2D eigenvalue weighted by Gasteiger charge is 2.33. The highest BCUT2D eigenvalue weighted by molar-refractivity contribution is 7.89. The second kappa shape index (κ2) is 5.86. The zero-order valence-electron chi connectivity index (χ0n) is 10.5. The Labute approximate surface area is 115 Å². The highest BCUT2D eigenvalue weighted by atomic mass is 32.2. The Hall–Kier alpha value is -1.51. The molecule has 1 aromatic carbocycles. The van der Waals surface area contributed by atoms with Gasteiger partial charge in [0.15, 0.2) is 0 Å². The van der Waals surface area contributed by atoms with Gasteiger partial charge < -0.3 is 9.84 Å². The molecule has 2 rings (SSSR count). The molecule has 0 spiro atoms. The smallest absolute Gasteiger partial charge is 0.329 e. The minimum atomic E-state index is -3.69. The molecule has 1 N–H and O–H groups in total. The maximum absolute atomic E-state index is 12.8. The summed E-state index contributed by atoms with van der Waals surface area (Å²) in [5.74, 6) is -1.60. The second-order valence-corrected chi connectivity index (χ2v) is 6.37. The molecule has 0 radical (unpaired) electrons. The zero-order chi connectivity index (χ0) is 14.8. The second-order valence-electron chi connectivity index (χ2n) is 4.43. The van der Waals surface area contributed by atoms with E-state index in [2.05, 4.69) is 0 Å². The summed E-state index contributed by atoms with van der Waals surface area (Å²) in [6, 6.07) is 4.58. The van der Waals surface area contributed by atoms with Gasteiger partial charge in [-0.1, -0.05) is 0 Å². The third-order valence-electron chi connectivity index (χ3n) is 3.00. The van der Waals surface area contributed by atoms with Gasteiger partial charge in [0.05, 0.1) is 11.0 Å². The van der Waals surface area contributed by atoms with Crippen molar-refractivity contribution in [3.63, 3.8) is 0 Å². The number of hydrogen-bond donors (Lipinski definition) is 1. The minimum absolute atomic E-state index is 0.0118. The van der Waals surface area contributed by atoms with Crippen LogP contribution in [0.1, 0.15) is 6.42 Å². The number of rotatable bonds is 5. The van der Waals surface area contributed by atoms with Crippen molar-refractivity contribution in [2.75, 3.05) is 19.7 Å². The van der Waals surface area contributed by atoms with E-state index in [9.17, 15) is 17.6 Å². The van der Waals surface area contributed by atoms with Gasteiger partial charge in [0.25, 0.3) is 0 Å². The number of aliphatic carboxylic acids is 1. The van der Waals surface area contributed by atoms with Crippen LogP contribution in [0.4, 0.5) is 4.39 Å². The van der Waals surface area contributed by atoms with E-state index >= 15 is 0 Å². The Balaban J connectivity index is 2.05. The summed E-state index contributed by atoms with van der Waals surface area (Å²) in [7, 11) is -3.69. The lowest BCUT2D eigenvalue weighted by molar-refractivity contribution is -0.144. The normalized spacial score (nSPS) is 20.1. The molecule has 20 heavy (non-hydrogen) atoms. The summed E-state index contributed by atoms with van der Waals surface area (Å²) in [5.41, 5.74) is 0. The van der Waals surface area contributed by atoms with E-state index in [0.29, 0.717) is 6.42 Å². The Morgan fingerprint density at radius 3 is 2.65 bits per heavy atom. The van der Waals surface area contributed by atoms with Gasteiger partial charge in [-0.15, -0.1) is 0 Å². The first-order valence-corrected chi connectivity index (χ1v) is 7.43. The summed E-state index contributed by atoms with van der Waals surface area (Å²) >= 11 is 0. The average Bonchev–Trinajstić information content (AvgIpc) is 2.86. The molecular weight excluding hydrogens is 289 g/mol. The van der Waals surface area contributed by atoms with Crippen molar-refractivity contribution in [1.82, 2.24) is 4.31 Å². The number of hydrogen-bond acceptors (Lipinski definition) is 4. The first kappa shape index (κ1) is 14.9. The summed E-state index contributed by atoms with van der Waals surface area (Å²) in [6.45, 7) is -0.0912. The van der Waals surface area contributed by atoms with Gasteiger partial charge in [-0.25, -0.2) is 17.6 Å². The predicted molar refractivity (Wildman–Crippen MR) is 67.2 cm³/mol. The molecule has 0 bridgehead atoms. The predicted octanol–water partition coefficient (Wildman–Crippen LogP) is 0.690. The number of carboxylic acids is 1. The van der Waals surface area contributed by atoms with E-state index in [1.165, 1.54) is 16.4 Å². The molecule has 0 aliphatic carbocycles. The maximum atomic E-state index is 12.8. The molecule has 6 nitrogen and oxygen atoms in total. The molecule has 1 aliphatic heterocycles. The zero-order valence-corrected chi connectivity index (χ0v) is 11.3. The minimum Gasteiger partial charge on any atom is -0.480 e. The van der Waals surface area contributed by atoms with Crippen molar-refractivity contribution in [2.24, 2.45) is 0 Å². The van der Waals surface area contributed by atoms with Gasteiger partial charge in [-0.05, 0) is 30.7 Å². The molecule has 0 amide bonds. The number of nitrogens with zero attached hydrogens (tertiary/aromatic N) is 1. The maximum Gasteiger partial charge on any atom is 0.329 e. The molecule has 0 aromatic heterocycles. The number of carboxylic acid groups (broad SMARTS) is 1. The largest absolute Gasteiger partial charge is 0.480 e. The number of carbonyl (C=O) groups is 1. The Bertz CT molecular complexity index is 586. The number of halogens is 1. The lowest BCUT2D eigenvalue weighted by atomic mass is 10.3. The number of sulfonamides is 1. The van der Waals surface area contributed by atoms with E-state index in [1.54, 1.807) is 0 Å². The monoisotopic (exact) mass is 303 g/mol. The van der Waals surface area contributed by atoms with E-state index in [-0.39, 0.29) is 18.0 Å². The van der Waals surface area contributed by atoms with Crippen LogP contribution < -0.4 is 0 Å². The Kier molecular flexibility index (Phi) is 4.36. The third kappa shape index (κ3) is 3.33. The van der Waals surface area contributed by atoms with Crippen LogP contribution in [0.15, 0.2) is 29.2 Å². The van der Waals surface area contributed by atoms with Crippen molar-refractivity contribution in [3.8, 4) is 0 Å². The van der Waals surface area contributed by atoms with Gasteiger partial charge in [-0.3, -0.25) is 0 Å². The van der Waals surface area contributed by atoms with E-state index in [1.807, 2.05) is 0 Å². The average molecular weight is 303 g/mol. The number of ether oxygens (including phenoxy) is 1. The summed E-state index contributed by atoms with van der Waals surface area (Å²) < 4.78 is 43.6. The van der Waals surface area contributed by atoms with Gasteiger partial charge in [-0.2, -0.15) is 4.31 Å². The molecule has 1 unspecified atom stereocenters. The number of benzene rings is 1. The van der Waals surface area contributed by atoms with Crippen LogP contribution >= 0.6 is 0 Å². The molecule has 1 aromatic rings. The molecule has 1 saturated heterocycles. The van der Waals surface area contributed by atoms with Crippen molar-refractivity contribution in [2.45, 2.75) is 17.4 Å². The molecule has 1 atom stereocenters. The fourth-order valence-corrected chi connectivity index (χ4v) is 3.48. The Morgan fingerprint density at radius 1 is 1.40 bits per heavy atom. The standard InChI is InChI=1S/C12H14FNO5S/c13-9-1-3-11(4-2-9)20(17,18)14-6-5-10(7-14)19-8-12(15)16/h1-4,10H,5-8H2,(H,15,16). The quantitative estimate of drug-likeness (QED) is 0.865. The van der Waals surface area contributed by atoms with Crippen LogP contribution in [-0.4, -0.2) is 49.6 Å². The molecule has 8 heteroatoms. The first-order chi connectivity index (χ1) is 9.39. The Morgan fingerprint density at radius 2 is 2.05 bits per heavy atom. The molecular formula is C12H14FNO5S. The van der Waals surface area contributed by atoms with Crippen molar-refractivity contribution >= 4 is 16.0 Å². The fourth-order valence-electron chi connectivity index (χ4n) is 2.00. The van der Waals surface area contributed by atoms with Crippen LogP contribution in [0.25, 0.3) is 0 Å². The van der Waals surface area contributed by atoms with E-state index in [4.69, 9.17) is 9.84 Å². The molecule has 1 heterocycles. The van der Waals surface area contributed by atoms with Crippen LogP contribution in [0, 0.1) is 5.82 Å². The van der Waals surface area contributed by atoms with Crippen LogP contribution in [-0.2, 0) is 19.6 Å². The van der Waals surface area contributed by atoms with Crippen LogP contribution in [0.2, 0.25) is 0 Å². The topological polar surface area (TPSA) is 83.9 Å². The van der Waals surface area contributed by atoms with E-state index < -0.39 is 34.5 Å².